The van der Waals surface area contributed by atoms with Gasteiger partial charge in [0.15, 0.2) is 0 Å². The maximum Gasteiger partial charge on any atom is 0.221 e. The zero-order valence-corrected chi connectivity index (χ0v) is 15.3. The summed E-state index contributed by atoms with van der Waals surface area (Å²) in [6, 6.07) is 15.8. The molecule has 3 rings (SSSR count). The van der Waals surface area contributed by atoms with Crippen molar-refractivity contribution in [2.45, 2.75) is 31.9 Å². The highest BCUT2D eigenvalue weighted by molar-refractivity contribution is 5.88. The van der Waals surface area contributed by atoms with Crippen molar-refractivity contribution < 1.29 is 14.6 Å². The van der Waals surface area contributed by atoms with Crippen molar-refractivity contribution in [3.8, 4) is 5.75 Å². The van der Waals surface area contributed by atoms with Crippen LogP contribution in [0, 0.1) is 0 Å². The summed E-state index contributed by atoms with van der Waals surface area (Å²) < 4.78 is 5.30. The van der Waals surface area contributed by atoms with E-state index in [9.17, 15) is 9.90 Å². The lowest BCUT2D eigenvalue weighted by molar-refractivity contribution is -0.114. The molecule has 1 aliphatic rings. The number of likely N-dealkylation sites (tertiary alicyclic amines) is 1. The molecule has 0 spiro atoms. The molecule has 0 aromatic heterocycles. The van der Waals surface area contributed by atoms with E-state index in [4.69, 9.17) is 4.74 Å². The number of amides is 1. The van der Waals surface area contributed by atoms with Crippen LogP contribution in [0.1, 0.15) is 30.4 Å². The summed E-state index contributed by atoms with van der Waals surface area (Å²) in [6.07, 6.45) is 0.521. The standard InChI is InChI=1S/C21H26N2O3/c1-15(24)22-18-8-6-16(7-9-18)13-23-11-10-20(21(25)14-23)17-4-3-5-19(12-17)26-2/h3-9,12,20-21,25H,10-11,13-14H2,1-2H3,(H,22,24)/t20-,21+/m0/s1. The van der Waals surface area contributed by atoms with E-state index in [1.54, 1.807) is 7.11 Å². The Bertz CT molecular complexity index is 745. The van der Waals surface area contributed by atoms with Gasteiger partial charge in [-0.1, -0.05) is 24.3 Å². The fraction of sp³-hybridized carbons (Fsp3) is 0.381. The van der Waals surface area contributed by atoms with E-state index in [1.165, 1.54) is 12.5 Å². The average molecular weight is 354 g/mol. The third-order valence-corrected chi connectivity index (χ3v) is 4.87. The maximum atomic E-state index is 11.1. The maximum absolute atomic E-state index is 11.1. The summed E-state index contributed by atoms with van der Waals surface area (Å²) in [5.41, 5.74) is 3.11. The van der Waals surface area contributed by atoms with Crippen LogP contribution in [0.3, 0.4) is 0 Å². The minimum Gasteiger partial charge on any atom is -0.497 e. The van der Waals surface area contributed by atoms with E-state index in [1.807, 2.05) is 42.5 Å². The summed E-state index contributed by atoms with van der Waals surface area (Å²) in [4.78, 5) is 13.4. The molecule has 1 saturated heterocycles. The molecule has 2 aromatic rings. The Hall–Kier alpha value is -2.37. The van der Waals surface area contributed by atoms with E-state index in [0.29, 0.717) is 6.54 Å². The van der Waals surface area contributed by atoms with Gasteiger partial charge in [0.1, 0.15) is 5.75 Å². The predicted molar refractivity (Wildman–Crippen MR) is 102 cm³/mol. The molecule has 26 heavy (non-hydrogen) atoms. The number of methoxy groups -OCH3 is 1. The number of β-amino-alcohol motifs (C(OH)–C–C–N with tert-alkyl or cyclic N) is 1. The molecule has 1 aliphatic heterocycles. The van der Waals surface area contributed by atoms with Crippen LogP contribution in [0.2, 0.25) is 0 Å². The Kier molecular flexibility index (Phi) is 5.91. The number of piperidine rings is 1. The number of carbonyl (C=O) groups is 1. The number of aliphatic hydroxyl groups is 1. The molecular weight excluding hydrogens is 328 g/mol. The molecule has 2 atom stereocenters. The highest BCUT2D eigenvalue weighted by Gasteiger charge is 2.29. The second-order valence-electron chi connectivity index (χ2n) is 6.85. The second-order valence-corrected chi connectivity index (χ2v) is 6.85. The lowest BCUT2D eigenvalue weighted by Gasteiger charge is -2.36. The molecule has 0 bridgehead atoms. The van der Waals surface area contributed by atoms with E-state index >= 15 is 0 Å². The van der Waals surface area contributed by atoms with Gasteiger partial charge >= 0.3 is 0 Å². The number of aliphatic hydroxyl groups excluding tert-OH is 1. The van der Waals surface area contributed by atoms with Crippen LogP contribution >= 0.6 is 0 Å². The number of nitrogens with one attached hydrogen (secondary N) is 1. The number of hydrogen-bond acceptors (Lipinski definition) is 4. The van der Waals surface area contributed by atoms with Crippen LogP contribution in [0.4, 0.5) is 5.69 Å². The number of benzene rings is 2. The Balaban J connectivity index is 1.59. The third kappa shape index (κ3) is 4.62. The van der Waals surface area contributed by atoms with Gasteiger partial charge in [-0.05, 0) is 48.4 Å². The Morgan fingerprint density at radius 3 is 2.69 bits per heavy atom. The molecule has 5 heteroatoms. The summed E-state index contributed by atoms with van der Waals surface area (Å²) in [7, 11) is 1.66. The summed E-state index contributed by atoms with van der Waals surface area (Å²) >= 11 is 0. The van der Waals surface area contributed by atoms with Crippen molar-refractivity contribution in [3.63, 3.8) is 0 Å². The SMILES string of the molecule is COc1cccc([C@@H]2CCN(Cc3ccc(NC(C)=O)cc3)C[C@H]2O)c1. The molecule has 0 saturated carbocycles. The molecule has 1 fully saturated rings. The van der Waals surface area contributed by atoms with Crippen molar-refractivity contribution in [1.29, 1.82) is 0 Å². The first-order valence-corrected chi connectivity index (χ1v) is 8.96. The fourth-order valence-electron chi connectivity index (χ4n) is 3.56. The summed E-state index contributed by atoms with van der Waals surface area (Å²) in [6.45, 7) is 3.88. The van der Waals surface area contributed by atoms with Crippen LogP contribution in [-0.4, -0.2) is 42.2 Å². The molecule has 1 amide bonds. The first-order chi connectivity index (χ1) is 12.5. The topological polar surface area (TPSA) is 61.8 Å². The predicted octanol–water partition coefficient (Wildman–Crippen LogP) is 3.00. The van der Waals surface area contributed by atoms with Crippen LogP contribution < -0.4 is 10.1 Å². The molecule has 5 nitrogen and oxygen atoms in total. The normalized spacial score (nSPS) is 20.6. The number of carbonyl (C=O) groups excluding carboxylic acids is 1. The average Bonchev–Trinajstić information content (AvgIpc) is 2.63. The van der Waals surface area contributed by atoms with Crippen molar-refractivity contribution in [1.82, 2.24) is 4.90 Å². The highest BCUT2D eigenvalue weighted by atomic mass is 16.5. The van der Waals surface area contributed by atoms with Gasteiger partial charge in [-0.3, -0.25) is 9.69 Å². The van der Waals surface area contributed by atoms with Gasteiger partial charge in [0.25, 0.3) is 0 Å². The fourth-order valence-corrected chi connectivity index (χ4v) is 3.56. The van der Waals surface area contributed by atoms with E-state index in [-0.39, 0.29) is 11.8 Å². The number of hydrogen-bond donors (Lipinski definition) is 2. The summed E-state index contributed by atoms with van der Waals surface area (Å²) in [5, 5.41) is 13.4. The molecule has 2 aromatic carbocycles. The van der Waals surface area contributed by atoms with Crippen molar-refractivity contribution >= 4 is 11.6 Å². The largest absolute Gasteiger partial charge is 0.497 e. The third-order valence-electron chi connectivity index (χ3n) is 4.87. The number of nitrogens with zero attached hydrogens (tertiary/aromatic N) is 1. The highest BCUT2D eigenvalue weighted by Crippen LogP contribution is 2.31. The van der Waals surface area contributed by atoms with E-state index in [2.05, 4.69) is 16.3 Å². The first kappa shape index (κ1) is 18.4. The number of anilines is 1. The molecule has 0 radical (unpaired) electrons. The first-order valence-electron chi connectivity index (χ1n) is 8.96. The van der Waals surface area contributed by atoms with Gasteiger partial charge < -0.3 is 15.2 Å². The van der Waals surface area contributed by atoms with Crippen LogP contribution in [0.25, 0.3) is 0 Å². The van der Waals surface area contributed by atoms with Gasteiger partial charge in [-0.25, -0.2) is 0 Å². The smallest absolute Gasteiger partial charge is 0.221 e. The Labute approximate surface area is 154 Å². The van der Waals surface area contributed by atoms with E-state index in [0.717, 1.165) is 36.5 Å². The molecule has 138 valence electrons. The van der Waals surface area contributed by atoms with Gasteiger partial charge in [0, 0.05) is 31.6 Å². The van der Waals surface area contributed by atoms with Crippen molar-refractivity contribution in [3.05, 3.63) is 59.7 Å². The van der Waals surface area contributed by atoms with Gasteiger partial charge in [-0.2, -0.15) is 0 Å². The van der Waals surface area contributed by atoms with Crippen molar-refractivity contribution in [2.24, 2.45) is 0 Å². The second kappa shape index (κ2) is 8.34. The zero-order valence-electron chi connectivity index (χ0n) is 15.3. The minimum atomic E-state index is -0.394. The lowest BCUT2D eigenvalue weighted by atomic mass is 9.87. The molecule has 0 aliphatic carbocycles. The molecule has 0 unspecified atom stereocenters. The number of rotatable bonds is 5. The van der Waals surface area contributed by atoms with Crippen molar-refractivity contribution in [2.75, 3.05) is 25.5 Å². The van der Waals surface area contributed by atoms with E-state index < -0.39 is 6.10 Å². The van der Waals surface area contributed by atoms with Crippen LogP contribution in [0.15, 0.2) is 48.5 Å². The van der Waals surface area contributed by atoms with Crippen LogP contribution in [0.5, 0.6) is 5.75 Å². The van der Waals surface area contributed by atoms with Crippen LogP contribution in [-0.2, 0) is 11.3 Å². The quantitative estimate of drug-likeness (QED) is 0.866. The minimum absolute atomic E-state index is 0.0690. The van der Waals surface area contributed by atoms with Gasteiger partial charge in [0.2, 0.25) is 5.91 Å². The lowest BCUT2D eigenvalue weighted by Crippen LogP contribution is -2.42. The monoisotopic (exact) mass is 354 g/mol. The summed E-state index contributed by atoms with van der Waals surface area (Å²) in [5.74, 6) is 0.903. The molecule has 1 heterocycles. The molecule has 2 N–H and O–H groups in total. The number of ether oxygens (including phenoxy) is 1. The van der Waals surface area contributed by atoms with Gasteiger partial charge in [-0.15, -0.1) is 0 Å². The van der Waals surface area contributed by atoms with Gasteiger partial charge in [0.05, 0.1) is 13.2 Å². The Morgan fingerprint density at radius 2 is 2.04 bits per heavy atom. The molecular formula is C21H26N2O3. The Morgan fingerprint density at radius 1 is 1.27 bits per heavy atom. The zero-order chi connectivity index (χ0) is 18.5.